The van der Waals surface area contributed by atoms with Gasteiger partial charge in [0.2, 0.25) is 0 Å². The standard InChI is InChI=1S/C10H22/c1-4-7-9-10(6-3)8-5-2/h10H,4-9H2,1-3H3. The SMILES string of the molecule is CCCCC(CC)CCC. The summed E-state index contributed by atoms with van der Waals surface area (Å²) in [5.74, 6) is 1.02. The first-order valence-electron chi connectivity index (χ1n) is 4.85. The van der Waals surface area contributed by atoms with Crippen molar-refractivity contribution in [2.24, 2.45) is 5.92 Å². The lowest BCUT2D eigenvalue weighted by Crippen LogP contribution is -1.97. The average Bonchev–Trinajstić information content (AvgIpc) is 1.98. The molecule has 0 bridgehead atoms. The molecule has 0 saturated heterocycles. The molecule has 0 aromatic heterocycles. The monoisotopic (exact) mass is 142 g/mol. The van der Waals surface area contributed by atoms with Crippen molar-refractivity contribution in [1.82, 2.24) is 0 Å². The molecule has 0 fully saturated rings. The van der Waals surface area contributed by atoms with Crippen LogP contribution in [0.25, 0.3) is 0 Å². The average molecular weight is 142 g/mol. The van der Waals surface area contributed by atoms with Gasteiger partial charge in [0.1, 0.15) is 0 Å². The molecule has 0 aliphatic carbocycles. The molecular weight excluding hydrogens is 120 g/mol. The van der Waals surface area contributed by atoms with Crippen LogP contribution in [0.4, 0.5) is 0 Å². The minimum atomic E-state index is 1.02. The number of hydrogen-bond donors (Lipinski definition) is 0. The van der Waals surface area contributed by atoms with Gasteiger partial charge in [-0.2, -0.15) is 0 Å². The molecule has 0 heterocycles. The summed E-state index contributed by atoms with van der Waals surface area (Å²) in [6.07, 6.45) is 8.44. The zero-order valence-electron chi connectivity index (χ0n) is 7.82. The van der Waals surface area contributed by atoms with Crippen LogP contribution in [-0.2, 0) is 0 Å². The zero-order valence-corrected chi connectivity index (χ0v) is 7.82. The highest BCUT2D eigenvalue weighted by Gasteiger charge is 2.02. The van der Waals surface area contributed by atoms with Gasteiger partial charge < -0.3 is 0 Å². The highest BCUT2D eigenvalue weighted by molar-refractivity contribution is 4.55. The van der Waals surface area contributed by atoms with E-state index < -0.39 is 0 Å². The van der Waals surface area contributed by atoms with Crippen molar-refractivity contribution in [3.8, 4) is 0 Å². The molecule has 0 nitrogen and oxygen atoms in total. The van der Waals surface area contributed by atoms with Crippen LogP contribution in [0.3, 0.4) is 0 Å². The summed E-state index contributed by atoms with van der Waals surface area (Å²) >= 11 is 0. The Morgan fingerprint density at radius 2 is 1.60 bits per heavy atom. The first-order chi connectivity index (χ1) is 4.85. The van der Waals surface area contributed by atoms with Crippen molar-refractivity contribution >= 4 is 0 Å². The molecule has 1 unspecified atom stereocenters. The van der Waals surface area contributed by atoms with Gasteiger partial charge in [0.15, 0.2) is 0 Å². The fourth-order valence-electron chi connectivity index (χ4n) is 1.45. The molecule has 0 aliphatic heterocycles. The second kappa shape index (κ2) is 7.11. The molecule has 0 radical (unpaired) electrons. The van der Waals surface area contributed by atoms with Crippen molar-refractivity contribution in [1.29, 1.82) is 0 Å². The summed E-state index contributed by atoms with van der Waals surface area (Å²) in [6, 6.07) is 0. The summed E-state index contributed by atoms with van der Waals surface area (Å²) < 4.78 is 0. The fourth-order valence-corrected chi connectivity index (χ4v) is 1.45. The van der Waals surface area contributed by atoms with E-state index in [4.69, 9.17) is 0 Å². The summed E-state index contributed by atoms with van der Waals surface area (Å²) in [4.78, 5) is 0. The Morgan fingerprint density at radius 3 is 2.00 bits per heavy atom. The third-order valence-electron chi connectivity index (χ3n) is 2.24. The van der Waals surface area contributed by atoms with E-state index in [1.807, 2.05) is 0 Å². The van der Waals surface area contributed by atoms with Crippen molar-refractivity contribution in [2.75, 3.05) is 0 Å². The van der Waals surface area contributed by atoms with Gasteiger partial charge in [-0.15, -0.1) is 0 Å². The molecule has 1 atom stereocenters. The second-order valence-electron chi connectivity index (χ2n) is 3.21. The predicted octanol–water partition coefficient (Wildman–Crippen LogP) is 4.00. The first kappa shape index (κ1) is 10.0. The fraction of sp³-hybridized carbons (Fsp3) is 1.00. The molecule has 0 N–H and O–H groups in total. The van der Waals surface area contributed by atoms with Gasteiger partial charge in [-0.1, -0.05) is 59.3 Å². The third-order valence-corrected chi connectivity index (χ3v) is 2.24. The second-order valence-corrected chi connectivity index (χ2v) is 3.21. The molecule has 0 heteroatoms. The maximum atomic E-state index is 2.32. The lowest BCUT2D eigenvalue weighted by molar-refractivity contribution is 0.417. The Balaban J connectivity index is 3.21. The summed E-state index contributed by atoms with van der Waals surface area (Å²) in [5.41, 5.74) is 0. The largest absolute Gasteiger partial charge is 0.0654 e. The van der Waals surface area contributed by atoms with Gasteiger partial charge in [-0.05, 0) is 5.92 Å². The van der Waals surface area contributed by atoms with Crippen LogP contribution in [0.5, 0.6) is 0 Å². The van der Waals surface area contributed by atoms with Crippen molar-refractivity contribution in [2.45, 2.75) is 59.3 Å². The van der Waals surface area contributed by atoms with Crippen LogP contribution in [0.15, 0.2) is 0 Å². The third kappa shape index (κ3) is 4.84. The highest BCUT2D eigenvalue weighted by atomic mass is 14.1. The summed E-state index contributed by atoms with van der Waals surface area (Å²) in [7, 11) is 0. The van der Waals surface area contributed by atoms with Crippen LogP contribution in [0.1, 0.15) is 59.3 Å². The molecule has 62 valence electrons. The number of hydrogen-bond acceptors (Lipinski definition) is 0. The van der Waals surface area contributed by atoms with Gasteiger partial charge in [0.25, 0.3) is 0 Å². The molecule has 10 heavy (non-hydrogen) atoms. The Labute approximate surface area is 66.0 Å². The summed E-state index contributed by atoms with van der Waals surface area (Å²) in [6.45, 7) is 6.88. The lowest BCUT2D eigenvalue weighted by Gasteiger charge is -2.11. The Hall–Kier alpha value is 0. The van der Waals surface area contributed by atoms with E-state index in [2.05, 4.69) is 20.8 Å². The van der Waals surface area contributed by atoms with E-state index in [0.29, 0.717) is 0 Å². The maximum absolute atomic E-state index is 2.32. The molecule has 0 spiro atoms. The zero-order chi connectivity index (χ0) is 7.82. The first-order valence-corrected chi connectivity index (χ1v) is 4.85. The van der Waals surface area contributed by atoms with Gasteiger partial charge >= 0.3 is 0 Å². The minimum Gasteiger partial charge on any atom is -0.0654 e. The van der Waals surface area contributed by atoms with E-state index in [9.17, 15) is 0 Å². The van der Waals surface area contributed by atoms with E-state index in [1.54, 1.807) is 0 Å². The topological polar surface area (TPSA) is 0 Å². The summed E-state index contributed by atoms with van der Waals surface area (Å²) in [5, 5.41) is 0. The predicted molar refractivity (Wildman–Crippen MR) is 48.2 cm³/mol. The van der Waals surface area contributed by atoms with Crippen LogP contribution in [0.2, 0.25) is 0 Å². The Morgan fingerprint density at radius 1 is 0.900 bits per heavy atom. The molecule has 0 rings (SSSR count). The quantitative estimate of drug-likeness (QED) is 0.526. The molecule has 0 aromatic rings. The highest BCUT2D eigenvalue weighted by Crippen LogP contribution is 2.17. The lowest BCUT2D eigenvalue weighted by atomic mass is 9.95. The maximum Gasteiger partial charge on any atom is -0.0417 e. The van der Waals surface area contributed by atoms with E-state index in [0.717, 1.165) is 5.92 Å². The van der Waals surface area contributed by atoms with E-state index in [1.165, 1.54) is 38.5 Å². The van der Waals surface area contributed by atoms with Crippen molar-refractivity contribution in [3.05, 3.63) is 0 Å². The van der Waals surface area contributed by atoms with Gasteiger partial charge in [-0.25, -0.2) is 0 Å². The molecule has 0 aliphatic rings. The van der Waals surface area contributed by atoms with E-state index in [-0.39, 0.29) is 0 Å². The Kier molecular flexibility index (Phi) is 7.11. The molecule has 0 aromatic carbocycles. The van der Waals surface area contributed by atoms with Crippen LogP contribution in [0, 0.1) is 5.92 Å². The Bertz CT molecular complexity index is 57.1. The number of unbranched alkanes of at least 4 members (excludes halogenated alkanes) is 1. The minimum absolute atomic E-state index is 1.02. The van der Waals surface area contributed by atoms with Gasteiger partial charge in [0.05, 0.1) is 0 Å². The number of rotatable bonds is 6. The van der Waals surface area contributed by atoms with Crippen LogP contribution in [-0.4, -0.2) is 0 Å². The van der Waals surface area contributed by atoms with Crippen molar-refractivity contribution in [3.63, 3.8) is 0 Å². The van der Waals surface area contributed by atoms with Gasteiger partial charge in [-0.3, -0.25) is 0 Å². The molecular formula is C10H22. The van der Waals surface area contributed by atoms with Crippen molar-refractivity contribution < 1.29 is 0 Å². The smallest absolute Gasteiger partial charge is 0.0417 e. The van der Waals surface area contributed by atoms with Gasteiger partial charge in [0, 0.05) is 0 Å². The van der Waals surface area contributed by atoms with Crippen LogP contribution < -0.4 is 0 Å². The normalized spacial score (nSPS) is 13.5. The molecule has 0 saturated carbocycles. The van der Waals surface area contributed by atoms with Crippen LogP contribution >= 0.6 is 0 Å². The van der Waals surface area contributed by atoms with E-state index >= 15 is 0 Å². The molecule has 0 amide bonds.